The van der Waals surface area contributed by atoms with Gasteiger partial charge in [-0.15, -0.1) is 0 Å². The van der Waals surface area contributed by atoms with Crippen LogP contribution >= 0.6 is 15.9 Å². The standard InChI is InChI=1S/C12H16BrFO/c1-3-10(8(2)15)6-9-4-5-12(14)11(13)7-9/h4-5,7-8,10,15H,3,6H2,1-2H3. The molecule has 2 unspecified atom stereocenters. The van der Waals surface area contributed by atoms with E-state index in [9.17, 15) is 9.50 Å². The Kier molecular flexibility index (Phi) is 4.74. The van der Waals surface area contributed by atoms with Crippen LogP contribution in [0.4, 0.5) is 4.39 Å². The summed E-state index contributed by atoms with van der Waals surface area (Å²) in [4.78, 5) is 0. The molecule has 1 aromatic carbocycles. The number of hydrogen-bond donors (Lipinski definition) is 1. The highest BCUT2D eigenvalue weighted by Crippen LogP contribution is 2.21. The van der Waals surface area contributed by atoms with Gasteiger partial charge in [-0.05, 0) is 52.9 Å². The van der Waals surface area contributed by atoms with E-state index < -0.39 is 0 Å². The molecule has 2 atom stereocenters. The maximum Gasteiger partial charge on any atom is 0.137 e. The van der Waals surface area contributed by atoms with Crippen LogP contribution in [-0.2, 0) is 6.42 Å². The Hall–Kier alpha value is -0.410. The Balaban J connectivity index is 2.75. The normalized spacial score (nSPS) is 15.0. The minimum atomic E-state index is -0.321. The van der Waals surface area contributed by atoms with Crippen molar-refractivity contribution >= 4 is 15.9 Å². The molecule has 0 aliphatic rings. The number of aliphatic hydroxyl groups excluding tert-OH is 1. The van der Waals surface area contributed by atoms with Crippen LogP contribution < -0.4 is 0 Å². The second-order valence-corrected chi connectivity index (χ2v) is 4.72. The molecule has 1 aromatic rings. The lowest BCUT2D eigenvalue weighted by atomic mass is 9.92. The zero-order valence-corrected chi connectivity index (χ0v) is 10.6. The summed E-state index contributed by atoms with van der Waals surface area (Å²) in [5.74, 6) is -0.00814. The smallest absolute Gasteiger partial charge is 0.137 e. The average Bonchev–Trinajstić information content (AvgIpc) is 2.19. The molecule has 15 heavy (non-hydrogen) atoms. The van der Waals surface area contributed by atoms with E-state index in [1.807, 2.05) is 0 Å². The summed E-state index contributed by atoms with van der Waals surface area (Å²) < 4.78 is 13.5. The van der Waals surface area contributed by atoms with E-state index >= 15 is 0 Å². The summed E-state index contributed by atoms with van der Waals surface area (Å²) in [6, 6.07) is 5.00. The highest BCUT2D eigenvalue weighted by atomic mass is 79.9. The molecule has 0 heterocycles. The lowest BCUT2D eigenvalue weighted by Gasteiger charge is -2.18. The van der Waals surface area contributed by atoms with Crippen LogP contribution in [-0.4, -0.2) is 11.2 Å². The molecule has 0 saturated heterocycles. The lowest BCUT2D eigenvalue weighted by molar-refractivity contribution is 0.123. The molecule has 0 aliphatic heterocycles. The first-order valence-corrected chi connectivity index (χ1v) is 5.96. The molecule has 0 bridgehead atoms. The van der Waals surface area contributed by atoms with Gasteiger partial charge in [-0.25, -0.2) is 4.39 Å². The summed E-state index contributed by atoms with van der Waals surface area (Å²) in [5, 5.41) is 9.51. The molecular weight excluding hydrogens is 259 g/mol. The topological polar surface area (TPSA) is 20.2 Å². The van der Waals surface area contributed by atoms with Crippen LogP contribution in [0.15, 0.2) is 22.7 Å². The van der Waals surface area contributed by atoms with Gasteiger partial charge in [0.15, 0.2) is 0 Å². The molecule has 0 amide bonds. The first-order chi connectivity index (χ1) is 7.04. The van der Waals surface area contributed by atoms with Crippen molar-refractivity contribution < 1.29 is 9.50 Å². The average molecular weight is 275 g/mol. The highest BCUT2D eigenvalue weighted by molar-refractivity contribution is 9.10. The van der Waals surface area contributed by atoms with Crippen molar-refractivity contribution in [3.63, 3.8) is 0 Å². The van der Waals surface area contributed by atoms with E-state index in [0.29, 0.717) is 4.47 Å². The fourth-order valence-corrected chi connectivity index (χ4v) is 2.05. The number of benzene rings is 1. The molecule has 0 fully saturated rings. The summed E-state index contributed by atoms with van der Waals surface area (Å²) in [6.45, 7) is 3.85. The molecule has 1 N–H and O–H groups in total. The molecule has 3 heteroatoms. The second kappa shape index (κ2) is 5.61. The Labute approximate surface area is 98.4 Å². The van der Waals surface area contributed by atoms with E-state index in [1.165, 1.54) is 6.07 Å². The van der Waals surface area contributed by atoms with Gasteiger partial charge in [0.2, 0.25) is 0 Å². The predicted octanol–water partition coefficient (Wildman–Crippen LogP) is 3.54. The van der Waals surface area contributed by atoms with Gasteiger partial charge in [-0.2, -0.15) is 0 Å². The largest absolute Gasteiger partial charge is 0.393 e. The van der Waals surface area contributed by atoms with Gasteiger partial charge in [0.05, 0.1) is 10.6 Å². The van der Waals surface area contributed by atoms with Gasteiger partial charge in [-0.1, -0.05) is 19.4 Å². The number of halogens is 2. The maximum absolute atomic E-state index is 13.0. The van der Waals surface area contributed by atoms with Gasteiger partial charge in [-0.3, -0.25) is 0 Å². The molecule has 0 spiro atoms. The van der Waals surface area contributed by atoms with E-state index in [4.69, 9.17) is 0 Å². The fraction of sp³-hybridized carbons (Fsp3) is 0.500. The van der Waals surface area contributed by atoms with Crippen molar-refractivity contribution in [3.05, 3.63) is 34.1 Å². The highest BCUT2D eigenvalue weighted by Gasteiger charge is 2.13. The minimum Gasteiger partial charge on any atom is -0.393 e. The van der Waals surface area contributed by atoms with Crippen LogP contribution in [0, 0.1) is 11.7 Å². The minimum absolute atomic E-state index is 0.238. The Bertz CT molecular complexity index is 325. The molecule has 1 rings (SSSR count). The van der Waals surface area contributed by atoms with E-state index in [0.717, 1.165) is 18.4 Å². The van der Waals surface area contributed by atoms with Gasteiger partial charge >= 0.3 is 0 Å². The molecule has 0 radical (unpaired) electrons. The number of aliphatic hydroxyl groups is 1. The zero-order chi connectivity index (χ0) is 11.4. The Morgan fingerprint density at radius 3 is 2.60 bits per heavy atom. The summed E-state index contributed by atoms with van der Waals surface area (Å²) in [7, 11) is 0. The van der Waals surface area contributed by atoms with Gasteiger partial charge in [0.25, 0.3) is 0 Å². The van der Waals surface area contributed by atoms with E-state index in [2.05, 4.69) is 22.9 Å². The molecule has 0 aromatic heterocycles. The molecular formula is C12H16BrFO. The summed E-state index contributed by atoms with van der Waals surface area (Å²) in [6.07, 6.45) is 1.39. The van der Waals surface area contributed by atoms with Crippen LogP contribution in [0.5, 0.6) is 0 Å². The summed E-state index contributed by atoms with van der Waals surface area (Å²) >= 11 is 3.16. The van der Waals surface area contributed by atoms with Crippen LogP contribution in [0.1, 0.15) is 25.8 Å². The van der Waals surface area contributed by atoms with E-state index in [1.54, 1.807) is 19.1 Å². The van der Waals surface area contributed by atoms with Crippen molar-refractivity contribution in [1.29, 1.82) is 0 Å². The third-order valence-corrected chi connectivity index (χ3v) is 3.30. The van der Waals surface area contributed by atoms with Crippen molar-refractivity contribution in [2.75, 3.05) is 0 Å². The van der Waals surface area contributed by atoms with Gasteiger partial charge in [0.1, 0.15) is 5.82 Å². The molecule has 84 valence electrons. The predicted molar refractivity (Wildman–Crippen MR) is 63.3 cm³/mol. The van der Waals surface area contributed by atoms with Gasteiger partial charge in [0, 0.05) is 0 Å². The molecule has 0 aliphatic carbocycles. The molecule has 1 nitrogen and oxygen atoms in total. The molecule has 0 saturated carbocycles. The first-order valence-electron chi connectivity index (χ1n) is 5.16. The van der Waals surface area contributed by atoms with Crippen molar-refractivity contribution in [2.45, 2.75) is 32.8 Å². The van der Waals surface area contributed by atoms with Gasteiger partial charge < -0.3 is 5.11 Å². The Morgan fingerprint density at radius 1 is 1.47 bits per heavy atom. The SMILES string of the molecule is CCC(Cc1ccc(F)c(Br)c1)C(C)O. The third-order valence-electron chi connectivity index (χ3n) is 2.69. The van der Waals surface area contributed by atoms with Crippen LogP contribution in [0.3, 0.4) is 0 Å². The fourth-order valence-electron chi connectivity index (χ4n) is 1.63. The van der Waals surface area contributed by atoms with Crippen LogP contribution in [0.25, 0.3) is 0 Å². The summed E-state index contributed by atoms with van der Waals surface area (Å²) in [5.41, 5.74) is 1.05. The zero-order valence-electron chi connectivity index (χ0n) is 9.00. The van der Waals surface area contributed by atoms with Crippen LogP contribution in [0.2, 0.25) is 0 Å². The van der Waals surface area contributed by atoms with E-state index in [-0.39, 0.29) is 17.8 Å². The first kappa shape index (κ1) is 12.7. The Morgan fingerprint density at radius 2 is 2.13 bits per heavy atom. The number of rotatable bonds is 4. The number of hydrogen-bond acceptors (Lipinski definition) is 1. The second-order valence-electron chi connectivity index (χ2n) is 3.86. The maximum atomic E-state index is 13.0. The van der Waals surface area contributed by atoms with Crippen molar-refractivity contribution in [1.82, 2.24) is 0 Å². The quantitative estimate of drug-likeness (QED) is 0.891. The lowest BCUT2D eigenvalue weighted by Crippen LogP contribution is -2.18. The van der Waals surface area contributed by atoms with Crippen molar-refractivity contribution in [3.8, 4) is 0 Å². The van der Waals surface area contributed by atoms with Crippen molar-refractivity contribution in [2.24, 2.45) is 5.92 Å². The third kappa shape index (κ3) is 3.58. The monoisotopic (exact) mass is 274 g/mol.